The number of esters is 5. The molecule has 0 saturated carbocycles. The van der Waals surface area contributed by atoms with Gasteiger partial charge in [0.25, 0.3) is 0 Å². The van der Waals surface area contributed by atoms with E-state index in [1.807, 2.05) is 89.2 Å². The van der Waals surface area contributed by atoms with Crippen molar-refractivity contribution in [2.75, 3.05) is 13.2 Å². The van der Waals surface area contributed by atoms with Crippen molar-refractivity contribution >= 4 is 29.8 Å². The highest BCUT2D eigenvalue weighted by molar-refractivity contribution is 5.89. The third kappa shape index (κ3) is 29.8. The predicted molar refractivity (Wildman–Crippen MR) is 289 cm³/mol. The Morgan fingerprint density at radius 3 is 0.889 bits per heavy atom. The maximum atomic E-state index is 14.0. The molecule has 0 bridgehead atoms. The molecule has 0 aliphatic heterocycles. The molecule has 3 aromatic carbocycles. The Morgan fingerprint density at radius 1 is 0.343 bits per heavy atom. The van der Waals surface area contributed by atoms with Gasteiger partial charge in [0, 0.05) is 28.9 Å². The van der Waals surface area contributed by atoms with Crippen LogP contribution in [0.2, 0.25) is 0 Å². The Morgan fingerprint density at radius 2 is 0.620 bits per heavy atom. The molecule has 3 rings (SSSR count). The van der Waals surface area contributed by atoms with E-state index in [1.54, 1.807) is 26.0 Å². The molecule has 3 aromatic rings. The van der Waals surface area contributed by atoms with E-state index in [2.05, 4.69) is 42.4 Å². The normalized spacial score (nSPS) is 14.6. The molecule has 620 valence electrons. The van der Waals surface area contributed by atoms with Crippen molar-refractivity contribution in [3.05, 3.63) is 163 Å². The number of hydrogen-bond donors (Lipinski definition) is 0. The summed E-state index contributed by atoms with van der Waals surface area (Å²) in [5, 5.41) is 0. The molecular weight excluding hydrogens is 1610 g/mol. The first kappa shape index (κ1) is 108. The van der Waals surface area contributed by atoms with Crippen LogP contribution in [0, 0.1) is 6.92 Å². The van der Waals surface area contributed by atoms with E-state index in [4.69, 9.17) is 14.2 Å². The Labute approximate surface area is 579 Å². The van der Waals surface area contributed by atoms with Crippen LogP contribution in [0.15, 0.2) is 147 Å². The summed E-state index contributed by atoms with van der Waals surface area (Å²) in [6.07, 6.45) is -75.2. The van der Waals surface area contributed by atoms with Crippen LogP contribution in [0.3, 0.4) is 0 Å². The number of rotatable bonds is 26. The number of alkyl halides is 34. The van der Waals surface area contributed by atoms with Gasteiger partial charge in [0.05, 0.1) is 0 Å². The van der Waals surface area contributed by atoms with Gasteiger partial charge < -0.3 is 23.7 Å². The lowest BCUT2D eigenvalue weighted by Crippen LogP contribution is -2.67. The van der Waals surface area contributed by atoms with Crippen LogP contribution < -0.4 is 4.74 Å². The highest BCUT2D eigenvalue weighted by Gasteiger charge is 2.87. The fourth-order valence-corrected chi connectivity index (χ4v) is 5.19. The quantitative estimate of drug-likeness (QED) is 0.0245. The molecule has 0 aromatic heterocycles. The molecule has 51 heteroatoms. The minimum Gasteiger partial charge on any atom is -0.458 e. The molecule has 4 unspecified atom stereocenters. The fourth-order valence-electron chi connectivity index (χ4n) is 5.19. The maximum absolute atomic E-state index is 14.0. The first-order valence-electron chi connectivity index (χ1n) is 26.2. The third-order valence-corrected chi connectivity index (χ3v) is 10.7. The molecule has 0 N–H and O–H groups in total. The predicted octanol–water partition coefficient (Wildman–Crippen LogP) is 18.7. The lowest BCUT2D eigenvalue weighted by molar-refractivity contribution is -0.552. The van der Waals surface area contributed by atoms with E-state index in [1.165, 1.54) is 9.47 Å². The van der Waals surface area contributed by atoms with Crippen LogP contribution in [0.1, 0.15) is 37.5 Å². The third-order valence-electron chi connectivity index (χ3n) is 10.7. The van der Waals surface area contributed by atoms with Crippen molar-refractivity contribution in [3.63, 3.8) is 0 Å². The number of carbonyl (C=O) groups is 5. The van der Waals surface area contributed by atoms with Crippen LogP contribution in [0.5, 0.6) is 5.75 Å². The first-order valence-corrected chi connectivity index (χ1v) is 26.2. The lowest BCUT2D eigenvalue weighted by atomic mass is 10.2. The highest BCUT2D eigenvalue weighted by atomic mass is 19.5. The van der Waals surface area contributed by atoms with E-state index in [0.717, 1.165) is 22.8 Å². The monoisotopic (exact) mass is 1660 g/mol. The largest absolute Gasteiger partial charge is 0.462 e. The number of ether oxygens (including phenoxy) is 9. The van der Waals surface area contributed by atoms with Crippen LogP contribution in [-0.2, 0) is 75.1 Å². The van der Waals surface area contributed by atoms with Crippen molar-refractivity contribution in [1.29, 1.82) is 0 Å². The average molecular weight is 1660 g/mol. The average Bonchev–Trinajstić information content (AvgIpc) is 0.731. The molecule has 0 radical (unpaired) electrons. The summed E-state index contributed by atoms with van der Waals surface area (Å²) in [6, 6.07) is 26.4. The summed E-state index contributed by atoms with van der Waals surface area (Å²) >= 11 is 0. The van der Waals surface area contributed by atoms with Gasteiger partial charge in [0.2, 0.25) is 0 Å². The Balaban J connectivity index is -0.000000436. The van der Waals surface area contributed by atoms with Gasteiger partial charge in [-0.3, -0.25) is 33.1 Å². The van der Waals surface area contributed by atoms with Gasteiger partial charge in [0.15, 0.2) is 13.2 Å². The molecule has 0 heterocycles. The smallest absolute Gasteiger partial charge is 0.458 e. The molecule has 14 nitrogen and oxygen atoms in total. The Kier molecular flexibility index (Phi) is 39.7. The van der Waals surface area contributed by atoms with Gasteiger partial charge in [-0.05, 0) is 51.0 Å². The van der Waals surface area contributed by atoms with Crippen molar-refractivity contribution in [3.8, 4) is 5.75 Å². The maximum Gasteiger partial charge on any atom is 0.462 e. The minimum atomic E-state index is -7.99. The molecule has 0 aliphatic rings. The van der Waals surface area contributed by atoms with E-state index in [9.17, 15) is 173 Å². The number of aryl methyl sites for hydroxylation is 1. The van der Waals surface area contributed by atoms with Crippen molar-refractivity contribution in [2.24, 2.45) is 0 Å². The van der Waals surface area contributed by atoms with Gasteiger partial charge in [-0.2, -0.15) is 149 Å². The van der Waals surface area contributed by atoms with Gasteiger partial charge in [-0.15, -0.1) is 0 Å². The number of benzene rings is 3. The Hall–Kier alpha value is -9.04. The van der Waals surface area contributed by atoms with E-state index < -0.39 is 127 Å². The molecule has 0 aliphatic carbocycles. The summed E-state index contributed by atoms with van der Waals surface area (Å²) in [5.41, 5.74) is 3.04. The van der Waals surface area contributed by atoms with Gasteiger partial charge >= 0.3 is 127 Å². The standard InChI is InChI=1S/C13H7F17O4.C12H5F17O4.2C11H12O2.C10H10O2.3FH/c1-4(2)5(31)32-3-6(14,9(18,19)20)33-13(29,30)8(17,11(24,25)26)34-12(27,28)7(15,16)10(21,22)23;1-2-4(30)31-3-5(13,8(17,18)19)32-12(28,29)7(16,10(23,24)25)33-11(26,27)6(14,15)9(20,21)22;1-8(2)11(12)13-10-6-4-9(3)5-7-10;1-9(2)11(12)13-8-10-6-4-3-5-7-10;1-2-10(11)12-8-9-6-4-3-5-7-9;;;/h1,3H2,2H3;2H,1,3H2;4-7H,1H2,2-3H3;3-7H,1,8H2,2H3;2-7H,1,8H2;3*1H. The summed E-state index contributed by atoms with van der Waals surface area (Å²) in [5.74, 6) is -49.2. The topological polar surface area (TPSA) is 168 Å². The zero-order valence-electron chi connectivity index (χ0n) is 53.4. The second kappa shape index (κ2) is 39.9. The van der Waals surface area contributed by atoms with Gasteiger partial charge in [0.1, 0.15) is 19.0 Å². The van der Waals surface area contributed by atoms with Crippen molar-refractivity contribution < 1.29 is 230 Å². The van der Waals surface area contributed by atoms with Crippen molar-refractivity contribution in [1.82, 2.24) is 0 Å². The van der Waals surface area contributed by atoms with Crippen LogP contribution >= 0.6 is 0 Å². The second-order valence-corrected chi connectivity index (χ2v) is 19.5. The molecule has 0 spiro atoms. The molecule has 0 fully saturated rings. The highest BCUT2D eigenvalue weighted by Crippen LogP contribution is 2.59. The van der Waals surface area contributed by atoms with Crippen LogP contribution in [0.25, 0.3) is 0 Å². The van der Waals surface area contributed by atoms with Gasteiger partial charge in [-0.1, -0.05) is 111 Å². The van der Waals surface area contributed by atoms with Crippen LogP contribution in [-0.4, -0.2) is 140 Å². The molecule has 0 saturated heterocycles. The zero-order chi connectivity index (χ0) is 83.4. The summed E-state index contributed by atoms with van der Waals surface area (Å²) in [6.45, 7) is 15.6. The second-order valence-electron chi connectivity index (χ2n) is 19.5. The molecule has 4 atom stereocenters. The Bertz CT molecular complexity index is 3410. The number of carbonyl (C=O) groups excluding carboxylic acids is 5. The van der Waals surface area contributed by atoms with Crippen LogP contribution in [0.4, 0.5) is 163 Å². The molecule has 108 heavy (non-hydrogen) atoms. The minimum absolute atomic E-state index is 0. The van der Waals surface area contributed by atoms with E-state index in [-0.39, 0.29) is 38.1 Å². The van der Waals surface area contributed by atoms with E-state index >= 15 is 0 Å². The number of hydrogen-bond acceptors (Lipinski definition) is 14. The van der Waals surface area contributed by atoms with Crippen molar-refractivity contribution in [2.45, 2.75) is 138 Å². The number of halogens is 37. The van der Waals surface area contributed by atoms with E-state index in [0.29, 0.717) is 37.0 Å². The molecular formula is C57H49F37O14. The molecule has 0 amide bonds. The summed E-state index contributed by atoms with van der Waals surface area (Å²) in [4.78, 5) is 54.3. The SMILES string of the molecule is C=C(C)C(=O)OCC(F)(OC(F)(F)C(F)(OC(F)(F)C(F)(F)C(F)(F)F)C(F)(F)F)C(F)(F)F.C=C(C)C(=O)OCc1ccccc1.C=C(C)C(=O)Oc1ccc(C)cc1.C=CC(=O)OCC(F)(OC(F)(F)C(F)(OC(F)(F)C(F)(F)C(F)(F)F)C(F)(F)F)C(F)(F)F.C=CC(=O)OCc1ccccc1.F.F.F. The fraction of sp³-hybridized carbons (Fsp3) is 0.421. The summed E-state index contributed by atoms with van der Waals surface area (Å²) < 4.78 is 465. The first-order chi connectivity index (χ1) is 46.7. The summed E-state index contributed by atoms with van der Waals surface area (Å²) in [7, 11) is 0. The zero-order valence-corrected chi connectivity index (χ0v) is 53.4. The lowest BCUT2D eigenvalue weighted by Gasteiger charge is -2.40. The van der Waals surface area contributed by atoms with Gasteiger partial charge in [-0.25, -0.2) is 24.0 Å².